The van der Waals surface area contributed by atoms with Gasteiger partial charge in [0.05, 0.1) is 5.69 Å². The van der Waals surface area contributed by atoms with E-state index < -0.39 is 17.5 Å². The van der Waals surface area contributed by atoms with Gasteiger partial charge in [-0.2, -0.15) is 0 Å². The average molecular weight is 304 g/mol. The summed E-state index contributed by atoms with van der Waals surface area (Å²) in [6.45, 7) is 0. The molecule has 0 aliphatic rings. The van der Waals surface area contributed by atoms with Crippen molar-refractivity contribution in [2.45, 2.75) is 6.42 Å². The Morgan fingerprint density at radius 3 is 2.52 bits per heavy atom. The van der Waals surface area contributed by atoms with Crippen molar-refractivity contribution in [3.05, 3.63) is 57.7 Å². The lowest BCUT2D eigenvalue weighted by Crippen LogP contribution is -2.04. The first-order chi connectivity index (χ1) is 9.95. The number of allylic oxidation sites excluding steroid dienone is 1. The van der Waals surface area contributed by atoms with E-state index in [2.05, 4.69) is 4.98 Å². The zero-order valence-electron chi connectivity index (χ0n) is 10.8. The number of hydrogen-bond acceptors (Lipinski definition) is 6. The van der Waals surface area contributed by atoms with E-state index in [0.717, 1.165) is 16.9 Å². The van der Waals surface area contributed by atoms with Crippen LogP contribution in [0.15, 0.2) is 41.5 Å². The van der Waals surface area contributed by atoms with Gasteiger partial charge in [0.2, 0.25) is 11.5 Å². The van der Waals surface area contributed by atoms with E-state index in [1.165, 1.54) is 0 Å². The van der Waals surface area contributed by atoms with Crippen molar-refractivity contribution in [3.63, 3.8) is 0 Å². The van der Waals surface area contributed by atoms with E-state index in [9.17, 15) is 9.59 Å². The summed E-state index contributed by atoms with van der Waals surface area (Å²) in [5, 5.41) is 19.4. The smallest absolute Gasteiger partial charge is 0.371 e. The van der Waals surface area contributed by atoms with Crippen LogP contribution in [0.5, 0.6) is 0 Å². The summed E-state index contributed by atoms with van der Waals surface area (Å²) >= 11 is 1.10. The van der Waals surface area contributed by atoms with E-state index in [1.807, 2.05) is 12.1 Å². The van der Waals surface area contributed by atoms with Crippen LogP contribution in [0.3, 0.4) is 0 Å². The molecule has 1 aromatic heterocycles. The number of nitrogens with two attached hydrogens (primary N) is 1. The van der Waals surface area contributed by atoms with Crippen molar-refractivity contribution in [1.29, 1.82) is 0 Å². The van der Waals surface area contributed by atoms with Crippen LogP contribution in [0.1, 0.15) is 21.1 Å². The van der Waals surface area contributed by atoms with Gasteiger partial charge in [-0.25, -0.2) is 9.78 Å². The van der Waals surface area contributed by atoms with Crippen molar-refractivity contribution in [2.24, 2.45) is 0 Å². The van der Waals surface area contributed by atoms with E-state index >= 15 is 0 Å². The molecule has 0 fully saturated rings. The number of nitrogens with zero attached hydrogens (tertiary/aromatic N) is 1. The Bertz CT molecular complexity index is 704. The maximum atomic E-state index is 11.7. The normalized spacial score (nSPS) is 11.3. The van der Waals surface area contributed by atoms with Gasteiger partial charge in [-0.1, -0.05) is 12.1 Å². The van der Waals surface area contributed by atoms with Crippen molar-refractivity contribution in [3.8, 4) is 0 Å². The van der Waals surface area contributed by atoms with Crippen LogP contribution in [0.25, 0.3) is 0 Å². The van der Waals surface area contributed by atoms with Crippen molar-refractivity contribution >= 4 is 28.8 Å². The van der Waals surface area contributed by atoms with Gasteiger partial charge < -0.3 is 15.9 Å². The second-order valence-electron chi connectivity index (χ2n) is 4.26. The lowest BCUT2D eigenvalue weighted by atomic mass is 10.1. The summed E-state index contributed by atoms with van der Waals surface area (Å²) < 4.78 is 0. The molecule has 0 aliphatic carbocycles. The molecule has 1 heterocycles. The summed E-state index contributed by atoms with van der Waals surface area (Å²) in [6.07, 6.45) is 1.19. The molecule has 0 saturated carbocycles. The van der Waals surface area contributed by atoms with Crippen LogP contribution >= 0.6 is 11.3 Å². The van der Waals surface area contributed by atoms with Crippen LogP contribution in [0.4, 0.5) is 5.69 Å². The predicted molar refractivity (Wildman–Crippen MR) is 78.5 cm³/mol. The number of benzene rings is 1. The number of carboxylic acids is 1. The fourth-order valence-corrected chi connectivity index (χ4v) is 2.32. The number of aromatic nitrogens is 1. The van der Waals surface area contributed by atoms with E-state index in [4.69, 9.17) is 15.9 Å². The molecule has 0 unspecified atom stereocenters. The zero-order chi connectivity index (χ0) is 15.4. The molecule has 0 amide bonds. The molecule has 0 aliphatic heterocycles. The molecule has 21 heavy (non-hydrogen) atoms. The standard InChI is InChI=1S/C14H12N2O4S/c15-9-3-1-8(2-4-9)5-10-7-21-13(16-10)11(17)6-12(18)14(19)20/h1-4,6-7,18H,5,15H2,(H,19,20). The van der Waals surface area contributed by atoms with Gasteiger partial charge in [-0.05, 0) is 17.7 Å². The SMILES string of the molecule is Nc1ccc(Cc2csc(C(=O)C=C(O)C(=O)O)n2)cc1. The zero-order valence-corrected chi connectivity index (χ0v) is 11.6. The number of carbonyl (C=O) groups excluding carboxylic acids is 1. The summed E-state index contributed by atoms with van der Waals surface area (Å²) in [4.78, 5) is 26.3. The number of ketones is 1. The van der Waals surface area contributed by atoms with Gasteiger partial charge in [-0.15, -0.1) is 11.3 Å². The van der Waals surface area contributed by atoms with E-state index in [1.54, 1.807) is 17.5 Å². The largest absolute Gasteiger partial charge is 0.502 e. The molecule has 0 bridgehead atoms. The van der Waals surface area contributed by atoms with E-state index in [-0.39, 0.29) is 5.01 Å². The van der Waals surface area contributed by atoms with Gasteiger partial charge in [0.15, 0.2) is 5.01 Å². The number of aliphatic carboxylic acids is 1. The minimum Gasteiger partial charge on any atom is -0.502 e. The number of carboxylic acid groups (broad SMARTS) is 1. The lowest BCUT2D eigenvalue weighted by Gasteiger charge is -1.98. The third kappa shape index (κ3) is 3.90. The number of thiazole rings is 1. The highest BCUT2D eigenvalue weighted by atomic mass is 32.1. The Balaban J connectivity index is 2.11. The number of carbonyl (C=O) groups is 2. The molecule has 1 aromatic carbocycles. The molecular weight excluding hydrogens is 292 g/mol. The van der Waals surface area contributed by atoms with Crippen molar-refractivity contribution < 1.29 is 19.8 Å². The Morgan fingerprint density at radius 1 is 1.24 bits per heavy atom. The number of hydrogen-bond donors (Lipinski definition) is 3. The predicted octanol–water partition coefficient (Wildman–Crippen LogP) is 2.03. The molecule has 0 spiro atoms. The molecule has 2 rings (SSSR count). The first-order valence-corrected chi connectivity index (χ1v) is 6.81. The lowest BCUT2D eigenvalue weighted by molar-refractivity contribution is -0.135. The molecule has 0 radical (unpaired) electrons. The highest BCUT2D eigenvalue weighted by Gasteiger charge is 2.13. The summed E-state index contributed by atoms with van der Waals surface area (Å²) in [7, 11) is 0. The van der Waals surface area contributed by atoms with Crippen molar-refractivity contribution in [2.75, 3.05) is 5.73 Å². The Hall–Kier alpha value is -2.67. The number of rotatable bonds is 5. The van der Waals surface area contributed by atoms with E-state index in [0.29, 0.717) is 23.9 Å². The second kappa shape index (κ2) is 6.19. The van der Waals surface area contributed by atoms with Crippen LogP contribution in [0.2, 0.25) is 0 Å². The molecular formula is C14H12N2O4S. The Labute approximate surface area is 124 Å². The average Bonchev–Trinajstić information content (AvgIpc) is 2.90. The van der Waals surface area contributed by atoms with Crippen LogP contribution in [-0.2, 0) is 11.2 Å². The summed E-state index contributed by atoms with van der Waals surface area (Å²) in [5.41, 5.74) is 7.96. The molecule has 4 N–H and O–H groups in total. The quantitative estimate of drug-likeness (QED) is 0.337. The maximum absolute atomic E-state index is 11.7. The first-order valence-electron chi connectivity index (χ1n) is 5.93. The minimum atomic E-state index is -1.55. The van der Waals surface area contributed by atoms with Crippen molar-refractivity contribution in [1.82, 2.24) is 4.98 Å². The molecule has 2 aromatic rings. The number of aliphatic hydroxyl groups is 1. The molecule has 6 nitrogen and oxygen atoms in total. The van der Waals surface area contributed by atoms with Gasteiger partial charge in [0, 0.05) is 23.6 Å². The highest BCUT2D eigenvalue weighted by molar-refractivity contribution is 7.11. The molecule has 0 saturated heterocycles. The maximum Gasteiger partial charge on any atom is 0.371 e. The van der Waals surface area contributed by atoms with Crippen LogP contribution < -0.4 is 5.73 Å². The van der Waals surface area contributed by atoms with Gasteiger partial charge in [-0.3, -0.25) is 4.79 Å². The number of nitrogen functional groups attached to an aromatic ring is 1. The Kier molecular flexibility index (Phi) is 4.34. The number of anilines is 1. The van der Waals surface area contributed by atoms with Crippen LogP contribution in [-0.4, -0.2) is 26.9 Å². The van der Waals surface area contributed by atoms with Gasteiger partial charge in [0.1, 0.15) is 0 Å². The first kappa shape index (κ1) is 14.7. The minimum absolute atomic E-state index is 0.133. The molecule has 0 atom stereocenters. The number of aliphatic hydroxyl groups excluding tert-OH is 1. The van der Waals surface area contributed by atoms with Crippen LogP contribution in [0, 0.1) is 0 Å². The third-order valence-corrected chi connectivity index (χ3v) is 3.52. The third-order valence-electron chi connectivity index (χ3n) is 2.61. The fraction of sp³-hybridized carbons (Fsp3) is 0.0714. The second-order valence-corrected chi connectivity index (χ2v) is 5.12. The molecule has 108 valence electrons. The highest BCUT2D eigenvalue weighted by Crippen LogP contribution is 2.16. The summed E-state index contributed by atoms with van der Waals surface area (Å²) in [6, 6.07) is 7.29. The topological polar surface area (TPSA) is 114 Å². The summed E-state index contributed by atoms with van der Waals surface area (Å²) in [5.74, 6) is -3.19. The monoisotopic (exact) mass is 304 g/mol. The van der Waals surface area contributed by atoms with Gasteiger partial charge in [0.25, 0.3) is 0 Å². The molecule has 7 heteroatoms. The fourth-order valence-electron chi connectivity index (χ4n) is 1.59. The van der Waals surface area contributed by atoms with Gasteiger partial charge >= 0.3 is 5.97 Å². The Morgan fingerprint density at radius 2 is 1.90 bits per heavy atom.